The van der Waals surface area contributed by atoms with Crippen LogP contribution in [-0.4, -0.2) is 5.25 Å². The van der Waals surface area contributed by atoms with E-state index in [0.717, 1.165) is 11.3 Å². The fraction of sp³-hybridized carbons (Fsp3) is 0.300. The number of hydrogen-bond donors (Lipinski definition) is 1. The van der Waals surface area contributed by atoms with E-state index in [-0.39, 0.29) is 5.25 Å². The lowest BCUT2D eigenvalue weighted by atomic mass is 10.3. The fourth-order valence-corrected chi connectivity index (χ4v) is 2.13. The molecule has 2 N–H and O–H groups in total. The van der Waals surface area contributed by atoms with Gasteiger partial charge in [0.15, 0.2) is 0 Å². The second-order valence-electron chi connectivity index (χ2n) is 2.83. The molecule has 74 valence electrons. The van der Waals surface area contributed by atoms with Crippen molar-refractivity contribution in [3.8, 4) is 6.07 Å². The average molecular weight is 227 g/mol. The summed E-state index contributed by atoms with van der Waals surface area (Å²) in [5.41, 5.74) is 6.21. The average Bonchev–Trinajstić information content (AvgIpc) is 2.17. The highest BCUT2D eigenvalue weighted by molar-refractivity contribution is 8.00. The third kappa shape index (κ3) is 2.83. The molecule has 0 radical (unpaired) electrons. The second-order valence-corrected chi connectivity index (χ2v) is 4.49. The molecule has 1 rings (SSSR count). The Morgan fingerprint density at radius 3 is 2.86 bits per heavy atom. The Hall–Kier alpha value is -0.850. The van der Waals surface area contributed by atoms with Gasteiger partial charge >= 0.3 is 0 Å². The Balaban J connectivity index is 2.82. The summed E-state index contributed by atoms with van der Waals surface area (Å²) in [7, 11) is 0. The second kappa shape index (κ2) is 5.14. The first-order chi connectivity index (χ1) is 6.67. The largest absolute Gasteiger partial charge is 0.399 e. The minimum Gasteiger partial charge on any atom is -0.399 e. The highest BCUT2D eigenvalue weighted by Gasteiger charge is 2.09. The van der Waals surface area contributed by atoms with Crippen molar-refractivity contribution in [3.63, 3.8) is 0 Å². The fourth-order valence-electron chi connectivity index (χ4n) is 0.967. The number of nitrogens with zero attached hydrogens (tertiary/aromatic N) is 1. The van der Waals surface area contributed by atoms with Crippen LogP contribution in [0.25, 0.3) is 0 Å². The van der Waals surface area contributed by atoms with E-state index in [4.69, 9.17) is 22.6 Å². The van der Waals surface area contributed by atoms with Crippen LogP contribution in [-0.2, 0) is 0 Å². The number of rotatable bonds is 3. The molecule has 0 aliphatic carbocycles. The molecule has 2 nitrogen and oxygen atoms in total. The van der Waals surface area contributed by atoms with Gasteiger partial charge in [-0.05, 0) is 24.6 Å². The van der Waals surface area contributed by atoms with E-state index in [1.165, 1.54) is 11.8 Å². The molecule has 0 aromatic heterocycles. The summed E-state index contributed by atoms with van der Waals surface area (Å²) < 4.78 is 0. The van der Waals surface area contributed by atoms with Gasteiger partial charge in [-0.25, -0.2) is 0 Å². The van der Waals surface area contributed by atoms with Crippen LogP contribution in [0.15, 0.2) is 23.1 Å². The van der Waals surface area contributed by atoms with Gasteiger partial charge < -0.3 is 5.73 Å². The van der Waals surface area contributed by atoms with Gasteiger partial charge in [0.25, 0.3) is 0 Å². The maximum atomic E-state index is 8.79. The summed E-state index contributed by atoms with van der Waals surface area (Å²) in [5.74, 6) is 0. The number of benzene rings is 1. The molecule has 14 heavy (non-hydrogen) atoms. The molecular formula is C10H11ClN2S. The van der Waals surface area contributed by atoms with E-state index in [1.54, 1.807) is 12.1 Å². The zero-order chi connectivity index (χ0) is 10.6. The molecule has 0 saturated carbocycles. The van der Waals surface area contributed by atoms with Gasteiger partial charge in [-0.3, -0.25) is 0 Å². The summed E-state index contributed by atoms with van der Waals surface area (Å²) >= 11 is 7.45. The van der Waals surface area contributed by atoms with E-state index in [0.29, 0.717) is 10.7 Å². The van der Waals surface area contributed by atoms with Gasteiger partial charge in [0.1, 0.15) is 0 Å². The first-order valence-electron chi connectivity index (χ1n) is 4.28. The van der Waals surface area contributed by atoms with Crippen molar-refractivity contribution in [2.45, 2.75) is 23.5 Å². The summed E-state index contributed by atoms with van der Waals surface area (Å²) in [4.78, 5) is 0.911. The molecule has 0 bridgehead atoms. The Kier molecular flexibility index (Phi) is 4.12. The molecule has 1 unspecified atom stereocenters. The lowest BCUT2D eigenvalue weighted by Gasteiger charge is -2.07. The SMILES string of the molecule is CCC(C#N)Sc1ccc(N)cc1Cl. The Morgan fingerprint density at radius 2 is 2.36 bits per heavy atom. The number of nitriles is 1. The maximum Gasteiger partial charge on any atom is 0.0961 e. The standard InChI is InChI=1S/C10H11ClN2S/c1-2-8(6-12)14-10-4-3-7(13)5-9(10)11/h3-5,8H,2,13H2,1H3. The quantitative estimate of drug-likeness (QED) is 0.636. The number of hydrogen-bond acceptors (Lipinski definition) is 3. The number of anilines is 1. The zero-order valence-corrected chi connectivity index (χ0v) is 9.40. The molecular weight excluding hydrogens is 216 g/mol. The van der Waals surface area contributed by atoms with Gasteiger partial charge in [-0.1, -0.05) is 18.5 Å². The normalized spacial score (nSPS) is 12.1. The predicted octanol–water partition coefficient (Wildman–Crippen LogP) is 3.32. The van der Waals surface area contributed by atoms with Crippen LogP contribution >= 0.6 is 23.4 Å². The van der Waals surface area contributed by atoms with Crippen LogP contribution in [0, 0.1) is 11.3 Å². The highest BCUT2D eigenvalue weighted by Crippen LogP contribution is 2.32. The molecule has 0 spiro atoms. The van der Waals surface area contributed by atoms with Gasteiger partial charge in [-0.15, -0.1) is 11.8 Å². The van der Waals surface area contributed by atoms with Crippen LogP contribution in [0.2, 0.25) is 5.02 Å². The van der Waals surface area contributed by atoms with Gasteiger partial charge in [0, 0.05) is 10.6 Å². The summed E-state index contributed by atoms with van der Waals surface area (Å²) in [5, 5.41) is 9.36. The van der Waals surface area contributed by atoms with Gasteiger partial charge in [0.2, 0.25) is 0 Å². The van der Waals surface area contributed by atoms with Crippen molar-refractivity contribution in [1.82, 2.24) is 0 Å². The van der Waals surface area contributed by atoms with E-state index < -0.39 is 0 Å². The zero-order valence-electron chi connectivity index (χ0n) is 7.83. The molecule has 1 aromatic carbocycles. The van der Waals surface area contributed by atoms with Crippen molar-refractivity contribution >= 4 is 29.1 Å². The molecule has 0 aliphatic heterocycles. The Bertz CT molecular complexity index is 360. The van der Waals surface area contributed by atoms with Crippen molar-refractivity contribution in [3.05, 3.63) is 23.2 Å². The van der Waals surface area contributed by atoms with Crippen molar-refractivity contribution < 1.29 is 0 Å². The Morgan fingerprint density at radius 1 is 1.64 bits per heavy atom. The molecule has 1 atom stereocenters. The molecule has 0 amide bonds. The van der Waals surface area contributed by atoms with E-state index >= 15 is 0 Å². The number of nitrogens with two attached hydrogens (primary N) is 1. The monoisotopic (exact) mass is 226 g/mol. The van der Waals surface area contributed by atoms with Crippen LogP contribution < -0.4 is 5.73 Å². The number of thioether (sulfide) groups is 1. The smallest absolute Gasteiger partial charge is 0.0961 e. The van der Waals surface area contributed by atoms with Crippen molar-refractivity contribution in [2.75, 3.05) is 5.73 Å². The van der Waals surface area contributed by atoms with Crippen molar-refractivity contribution in [2.24, 2.45) is 0 Å². The molecule has 4 heteroatoms. The topological polar surface area (TPSA) is 49.8 Å². The molecule has 0 saturated heterocycles. The van der Waals surface area contributed by atoms with Crippen LogP contribution in [0.1, 0.15) is 13.3 Å². The molecule has 1 aromatic rings. The molecule has 0 heterocycles. The van der Waals surface area contributed by atoms with E-state index in [9.17, 15) is 0 Å². The summed E-state index contributed by atoms with van der Waals surface area (Å²) in [6, 6.07) is 7.56. The first kappa shape index (κ1) is 11.2. The first-order valence-corrected chi connectivity index (χ1v) is 5.54. The summed E-state index contributed by atoms with van der Waals surface area (Å²) in [6.07, 6.45) is 0.807. The lowest BCUT2D eigenvalue weighted by molar-refractivity contribution is 0.985. The predicted molar refractivity (Wildman–Crippen MR) is 61.4 cm³/mol. The van der Waals surface area contributed by atoms with Crippen molar-refractivity contribution in [1.29, 1.82) is 5.26 Å². The third-order valence-electron chi connectivity index (χ3n) is 1.74. The Labute approximate surface area is 93.1 Å². The lowest BCUT2D eigenvalue weighted by Crippen LogP contribution is -1.95. The maximum absolute atomic E-state index is 8.79. The van der Waals surface area contributed by atoms with Crippen LogP contribution in [0.5, 0.6) is 0 Å². The number of nitrogen functional groups attached to an aromatic ring is 1. The minimum absolute atomic E-state index is 0.0453. The summed E-state index contributed by atoms with van der Waals surface area (Å²) in [6.45, 7) is 1.98. The number of halogens is 1. The van der Waals surface area contributed by atoms with Gasteiger partial charge in [0.05, 0.1) is 16.3 Å². The van der Waals surface area contributed by atoms with E-state index in [1.807, 2.05) is 13.0 Å². The highest BCUT2D eigenvalue weighted by atomic mass is 35.5. The third-order valence-corrected chi connectivity index (χ3v) is 3.50. The van der Waals surface area contributed by atoms with Gasteiger partial charge in [-0.2, -0.15) is 5.26 Å². The molecule has 0 aliphatic rings. The van der Waals surface area contributed by atoms with Crippen LogP contribution in [0.3, 0.4) is 0 Å². The minimum atomic E-state index is -0.0453. The van der Waals surface area contributed by atoms with Crippen LogP contribution in [0.4, 0.5) is 5.69 Å². The van der Waals surface area contributed by atoms with E-state index in [2.05, 4.69) is 6.07 Å². The molecule has 0 fully saturated rings.